The van der Waals surface area contributed by atoms with Crippen molar-refractivity contribution in [2.24, 2.45) is 0 Å². The van der Waals surface area contributed by atoms with Crippen LogP contribution in [0.5, 0.6) is 0 Å². The monoisotopic (exact) mass is 398 g/mol. The fraction of sp³-hybridized carbons (Fsp3) is 0.179. The Balaban J connectivity index is 0.00000155. The van der Waals surface area contributed by atoms with Gasteiger partial charge in [0.2, 0.25) is 0 Å². The zero-order valence-electron chi connectivity index (χ0n) is 18.3. The van der Waals surface area contributed by atoms with Gasteiger partial charge in [-0.05, 0) is 65.3 Å². The highest BCUT2D eigenvalue weighted by Gasteiger charge is 2.12. The van der Waals surface area contributed by atoms with E-state index >= 15 is 0 Å². The predicted molar refractivity (Wildman–Crippen MR) is 128 cm³/mol. The summed E-state index contributed by atoms with van der Waals surface area (Å²) in [5.74, 6) is 0.0542. The summed E-state index contributed by atoms with van der Waals surface area (Å²) in [6.07, 6.45) is 2.80. The first kappa shape index (κ1) is 23.1. The lowest BCUT2D eigenvalue weighted by atomic mass is 9.92. The molecule has 0 heterocycles. The number of rotatable bonds is 6. The normalized spacial score (nSPS) is 10.8. The molecule has 2 heteroatoms. The van der Waals surface area contributed by atoms with E-state index in [-0.39, 0.29) is 5.78 Å². The Labute approximate surface area is 180 Å². The summed E-state index contributed by atoms with van der Waals surface area (Å²) in [7, 11) is 1.00. The molecule has 0 unspecified atom stereocenters. The third kappa shape index (κ3) is 5.43. The van der Waals surface area contributed by atoms with Gasteiger partial charge in [0, 0.05) is 12.7 Å². The molecule has 0 bridgehead atoms. The number of Topliss-reactive ketones (excluding diaryl/α,β-unsaturated/α-hetero) is 1. The molecule has 3 rings (SSSR count). The number of carbonyl (C=O) groups excluding carboxylic acids is 1. The van der Waals surface area contributed by atoms with E-state index in [4.69, 9.17) is 5.11 Å². The Morgan fingerprint density at radius 1 is 0.933 bits per heavy atom. The lowest BCUT2D eigenvalue weighted by molar-refractivity contribution is -0.111. The number of carbonyl (C=O) groups is 1. The first-order valence-corrected chi connectivity index (χ1v) is 10.1. The highest BCUT2D eigenvalue weighted by molar-refractivity contribution is 6.21. The molecule has 30 heavy (non-hydrogen) atoms. The average molecular weight is 399 g/mol. The van der Waals surface area contributed by atoms with Gasteiger partial charge in [-0.25, -0.2) is 0 Å². The van der Waals surface area contributed by atoms with Gasteiger partial charge in [0.05, 0.1) is 0 Å². The molecule has 0 aliphatic rings. The molecule has 0 aliphatic carbocycles. The smallest absolute Gasteiger partial charge is 0.160 e. The van der Waals surface area contributed by atoms with Crippen LogP contribution in [-0.2, 0) is 11.2 Å². The van der Waals surface area contributed by atoms with Gasteiger partial charge in [-0.3, -0.25) is 4.79 Å². The van der Waals surface area contributed by atoms with Crippen molar-refractivity contribution >= 4 is 16.9 Å². The summed E-state index contributed by atoms with van der Waals surface area (Å²) in [5, 5.41) is 7.00. The van der Waals surface area contributed by atoms with Gasteiger partial charge >= 0.3 is 0 Å². The number of allylic oxidation sites excluding steroid dienone is 3. The summed E-state index contributed by atoms with van der Waals surface area (Å²) in [6.45, 7) is 10.1. The van der Waals surface area contributed by atoms with Crippen molar-refractivity contribution in [3.05, 3.63) is 108 Å². The molecule has 0 fully saturated rings. The quantitative estimate of drug-likeness (QED) is 0.379. The van der Waals surface area contributed by atoms with Crippen LogP contribution >= 0.6 is 0 Å². The third-order valence-corrected chi connectivity index (χ3v) is 5.10. The molecule has 154 valence electrons. The lowest BCUT2D eigenvalue weighted by Gasteiger charge is -2.11. The second kappa shape index (κ2) is 11.1. The van der Waals surface area contributed by atoms with Crippen LogP contribution in [0.2, 0.25) is 0 Å². The zero-order chi connectivity index (χ0) is 22.1. The van der Waals surface area contributed by atoms with E-state index < -0.39 is 0 Å². The topological polar surface area (TPSA) is 37.3 Å². The zero-order valence-corrected chi connectivity index (χ0v) is 18.3. The fourth-order valence-corrected chi connectivity index (χ4v) is 3.48. The van der Waals surface area contributed by atoms with E-state index in [0.717, 1.165) is 30.2 Å². The molecule has 0 radical (unpaired) electrons. The van der Waals surface area contributed by atoms with Crippen LogP contribution < -0.4 is 0 Å². The Hall–Kier alpha value is -3.23. The van der Waals surface area contributed by atoms with Crippen molar-refractivity contribution in [3.8, 4) is 11.1 Å². The van der Waals surface area contributed by atoms with Gasteiger partial charge in [0.25, 0.3) is 0 Å². The van der Waals surface area contributed by atoms with Gasteiger partial charge in [0.15, 0.2) is 5.78 Å². The van der Waals surface area contributed by atoms with Crippen molar-refractivity contribution in [2.45, 2.75) is 27.2 Å². The van der Waals surface area contributed by atoms with Crippen molar-refractivity contribution in [2.75, 3.05) is 7.11 Å². The number of benzene rings is 3. The number of aryl methyl sites for hydroxylation is 2. The minimum atomic E-state index is 0.0542. The summed E-state index contributed by atoms with van der Waals surface area (Å²) in [4.78, 5) is 12.3. The van der Waals surface area contributed by atoms with Crippen LogP contribution in [0.3, 0.4) is 0 Å². The number of ketones is 1. The SMILES string of the molecule is C=C(/C=C(/C(C)=O)c1ccccc1CC)c1ccc(-c2ccccc2C)cc1.CO. The third-order valence-electron chi connectivity index (χ3n) is 5.10. The average Bonchev–Trinajstić information content (AvgIpc) is 2.79. The molecule has 2 nitrogen and oxygen atoms in total. The van der Waals surface area contributed by atoms with E-state index in [1.807, 2.05) is 24.3 Å². The van der Waals surface area contributed by atoms with Crippen molar-refractivity contribution < 1.29 is 9.90 Å². The Morgan fingerprint density at radius 2 is 1.53 bits per heavy atom. The van der Waals surface area contributed by atoms with Crippen LogP contribution in [0.15, 0.2) is 85.5 Å². The van der Waals surface area contributed by atoms with Crippen molar-refractivity contribution in [1.29, 1.82) is 0 Å². The largest absolute Gasteiger partial charge is 0.400 e. The molecule has 0 spiro atoms. The summed E-state index contributed by atoms with van der Waals surface area (Å²) in [6, 6.07) is 24.8. The van der Waals surface area contributed by atoms with Crippen molar-refractivity contribution in [3.63, 3.8) is 0 Å². The second-order valence-electron chi connectivity index (χ2n) is 7.04. The summed E-state index contributed by atoms with van der Waals surface area (Å²) < 4.78 is 0. The highest BCUT2D eigenvalue weighted by atomic mass is 16.2. The van der Waals surface area contributed by atoms with Gasteiger partial charge < -0.3 is 5.11 Å². The molecule has 0 saturated carbocycles. The number of hydrogen-bond donors (Lipinski definition) is 1. The highest BCUT2D eigenvalue weighted by Crippen LogP contribution is 2.28. The van der Waals surface area contributed by atoms with Gasteiger partial charge in [-0.2, -0.15) is 0 Å². The molecule has 0 aliphatic heterocycles. The van der Waals surface area contributed by atoms with Gasteiger partial charge in [-0.1, -0.05) is 86.3 Å². The number of aliphatic hydroxyl groups excluding tert-OH is 1. The molecule has 0 aromatic heterocycles. The maximum Gasteiger partial charge on any atom is 0.160 e. The predicted octanol–water partition coefficient (Wildman–Crippen LogP) is 6.52. The Kier molecular flexibility index (Phi) is 8.52. The molecule has 1 N–H and O–H groups in total. The second-order valence-corrected chi connectivity index (χ2v) is 7.04. The maximum absolute atomic E-state index is 12.3. The van der Waals surface area contributed by atoms with Gasteiger partial charge in [0.1, 0.15) is 0 Å². The van der Waals surface area contributed by atoms with Gasteiger partial charge in [-0.15, -0.1) is 0 Å². The molecule has 0 saturated heterocycles. The first-order valence-electron chi connectivity index (χ1n) is 10.1. The van der Waals surface area contributed by atoms with Crippen LogP contribution in [0.4, 0.5) is 0 Å². The standard InChI is InChI=1S/C27H26O.CH4O/c1-5-22-11-7-9-13-26(22)27(21(4)28)18-20(3)23-14-16-24(17-15-23)25-12-8-6-10-19(25)2;1-2/h6-18H,3,5H2,1-2,4H3;2H,1H3/b27-18-;. The number of aliphatic hydroxyl groups is 1. The maximum atomic E-state index is 12.3. The van der Waals surface area contributed by atoms with Crippen LogP contribution in [0.1, 0.15) is 36.1 Å². The summed E-state index contributed by atoms with van der Waals surface area (Å²) >= 11 is 0. The minimum absolute atomic E-state index is 0.0542. The molecule has 0 atom stereocenters. The van der Waals surface area contributed by atoms with E-state index in [1.54, 1.807) is 6.92 Å². The molecular weight excluding hydrogens is 368 g/mol. The Bertz CT molecular complexity index is 1040. The first-order chi connectivity index (χ1) is 14.5. The van der Waals surface area contributed by atoms with E-state index in [0.29, 0.717) is 5.57 Å². The molecular formula is C28H30O2. The van der Waals surface area contributed by atoms with Crippen LogP contribution in [0, 0.1) is 6.92 Å². The molecule has 0 amide bonds. The molecule has 3 aromatic rings. The minimum Gasteiger partial charge on any atom is -0.400 e. The van der Waals surface area contributed by atoms with Crippen molar-refractivity contribution in [1.82, 2.24) is 0 Å². The molecule has 3 aromatic carbocycles. The van der Waals surface area contributed by atoms with E-state index in [1.165, 1.54) is 22.3 Å². The van der Waals surface area contributed by atoms with E-state index in [2.05, 4.69) is 75.0 Å². The fourth-order valence-electron chi connectivity index (χ4n) is 3.48. The summed E-state index contributed by atoms with van der Waals surface area (Å²) in [5.41, 5.74) is 8.41. The lowest BCUT2D eigenvalue weighted by Crippen LogP contribution is -2.00. The van der Waals surface area contributed by atoms with E-state index in [9.17, 15) is 4.79 Å². The number of hydrogen-bond acceptors (Lipinski definition) is 2. The Morgan fingerprint density at radius 3 is 2.13 bits per heavy atom. The van der Waals surface area contributed by atoms with Crippen LogP contribution in [-0.4, -0.2) is 18.0 Å². The van der Waals surface area contributed by atoms with Crippen LogP contribution in [0.25, 0.3) is 22.3 Å².